The molecule has 0 aromatic heterocycles. The van der Waals surface area contributed by atoms with Crippen molar-refractivity contribution in [2.24, 2.45) is 0 Å². The van der Waals surface area contributed by atoms with E-state index >= 15 is 0 Å². The van der Waals surface area contributed by atoms with Crippen LogP contribution in [-0.2, 0) is 4.74 Å². The molecule has 1 N–H and O–H groups in total. The first-order valence-corrected chi connectivity index (χ1v) is 5.59. The molecule has 1 heterocycles. The van der Waals surface area contributed by atoms with E-state index in [1.54, 1.807) is 0 Å². The van der Waals surface area contributed by atoms with Crippen molar-refractivity contribution in [3.63, 3.8) is 0 Å². The van der Waals surface area contributed by atoms with E-state index in [1.807, 2.05) is 18.2 Å². The molecule has 1 saturated heterocycles. The predicted octanol–water partition coefficient (Wildman–Crippen LogP) is 2.78. The van der Waals surface area contributed by atoms with Crippen LogP contribution in [0.5, 0.6) is 0 Å². The molecule has 0 aliphatic carbocycles. The van der Waals surface area contributed by atoms with Crippen molar-refractivity contribution < 1.29 is 4.74 Å². The second kappa shape index (κ2) is 4.12. The number of hydrogen-bond donors (Lipinski definition) is 1. The van der Waals surface area contributed by atoms with Gasteiger partial charge in [0.05, 0.1) is 6.61 Å². The summed E-state index contributed by atoms with van der Waals surface area (Å²) in [6.07, 6.45) is 0.0740. The Morgan fingerprint density at radius 3 is 2.93 bits per heavy atom. The van der Waals surface area contributed by atoms with Gasteiger partial charge in [-0.15, -0.1) is 0 Å². The smallest absolute Gasteiger partial charge is 0.100 e. The van der Waals surface area contributed by atoms with Gasteiger partial charge in [0, 0.05) is 17.1 Å². The van der Waals surface area contributed by atoms with Gasteiger partial charge in [0.15, 0.2) is 0 Å². The molecule has 0 radical (unpaired) electrons. The summed E-state index contributed by atoms with van der Waals surface area (Å²) in [5.74, 6) is 0. The van der Waals surface area contributed by atoms with Gasteiger partial charge in [0.2, 0.25) is 0 Å². The van der Waals surface area contributed by atoms with E-state index in [-0.39, 0.29) is 11.6 Å². The van der Waals surface area contributed by atoms with E-state index in [2.05, 4.69) is 25.2 Å². The topological polar surface area (TPSA) is 21.3 Å². The fourth-order valence-electron chi connectivity index (χ4n) is 2.03. The van der Waals surface area contributed by atoms with E-state index in [9.17, 15) is 0 Å². The van der Waals surface area contributed by atoms with Crippen molar-refractivity contribution in [3.05, 3.63) is 34.9 Å². The van der Waals surface area contributed by atoms with Crippen LogP contribution in [0.15, 0.2) is 24.3 Å². The first kappa shape index (κ1) is 10.9. The van der Waals surface area contributed by atoms with Gasteiger partial charge in [0.1, 0.15) is 6.10 Å². The van der Waals surface area contributed by atoms with Crippen LogP contribution in [-0.4, -0.2) is 18.7 Å². The van der Waals surface area contributed by atoms with Gasteiger partial charge in [-0.3, -0.25) is 0 Å². The number of hydrogen-bond acceptors (Lipinski definition) is 2. The standard InChI is InChI=1S/C12H16ClNO/c1-12(2)11(15-7-6-14-12)9-4-3-5-10(13)8-9/h3-5,8,11,14H,6-7H2,1-2H3. The zero-order valence-electron chi connectivity index (χ0n) is 9.09. The molecule has 1 aliphatic rings. The van der Waals surface area contributed by atoms with E-state index < -0.39 is 0 Å². The van der Waals surface area contributed by atoms with Gasteiger partial charge >= 0.3 is 0 Å². The maximum Gasteiger partial charge on any atom is 0.100 e. The Hall–Kier alpha value is -0.570. The lowest BCUT2D eigenvalue weighted by molar-refractivity contribution is -0.0388. The average Bonchev–Trinajstić information content (AvgIpc) is 2.17. The summed E-state index contributed by atoms with van der Waals surface area (Å²) in [5.41, 5.74) is 1.10. The first-order chi connectivity index (χ1) is 7.09. The minimum Gasteiger partial charge on any atom is -0.370 e. The Bertz CT molecular complexity index is 351. The molecule has 2 rings (SSSR count). The average molecular weight is 226 g/mol. The van der Waals surface area contributed by atoms with Gasteiger partial charge in [-0.2, -0.15) is 0 Å². The third-order valence-electron chi connectivity index (χ3n) is 2.77. The molecule has 1 aromatic carbocycles. The molecular weight excluding hydrogens is 210 g/mol. The molecule has 0 saturated carbocycles. The molecule has 1 aliphatic heterocycles. The molecule has 1 atom stereocenters. The van der Waals surface area contributed by atoms with Crippen LogP contribution in [0.2, 0.25) is 5.02 Å². The second-order valence-electron chi connectivity index (χ2n) is 4.45. The van der Waals surface area contributed by atoms with Crippen molar-refractivity contribution in [2.75, 3.05) is 13.2 Å². The third-order valence-corrected chi connectivity index (χ3v) is 3.01. The minimum atomic E-state index is -0.0388. The highest BCUT2D eigenvalue weighted by molar-refractivity contribution is 6.30. The second-order valence-corrected chi connectivity index (χ2v) is 4.89. The summed E-state index contributed by atoms with van der Waals surface area (Å²) >= 11 is 5.98. The van der Waals surface area contributed by atoms with Crippen molar-refractivity contribution in [1.29, 1.82) is 0 Å². The molecule has 0 bridgehead atoms. The number of rotatable bonds is 1. The first-order valence-electron chi connectivity index (χ1n) is 5.22. The van der Waals surface area contributed by atoms with Crippen molar-refractivity contribution in [1.82, 2.24) is 5.32 Å². The van der Waals surface area contributed by atoms with Crippen molar-refractivity contribution in [2.45, 2.75) is 25.5 Å². The maximum absolute atomic E-state index is 5.98. The van der Waals surface area contributed by atoms with Gasteiger partial charge in [-0.05, 0) is 31.5 Å². The molecule has 0 amide bonds. The number of morpholine rings is 1. The quantitative estimate of drug-likeness (QED) is 0.794. The zero-order valence-corrected chi connectivity index (χ0v) is 9.84. The SMILES string of the molecule is CC1(C)NCCOC1c1cccc(Cl)c1. The molecule has 1 aromatic rings. The van der Waals surface area contributed by atoms with E-state index in [1.165, 1.54) is 0 Å². The summed E-state index contributed by atoms with van der Waals surface area (Å²) in [4.78, 5) is 0. The number of halogens is 1. The molecule has 15 heavy (non-hydrogen) atoms. The summed E-state index contributed by atoms with van der Waals surface area (Å²) in [6.45, 7) is 5.96. The molecule has 1 unspecified atom stereocenters. The fourth-order valence-corrected chi connectivity index (χ4v) is 2.23. The lowest BCUT2D eigenvalue weighted by Gasteiger charge is -2.39. The van der Waals surface area contributed by atoms with Gasteiger partial charge in [-0.1, -0.05) is 23.7 Å². The van der Waals surface area contributed by atoms with Crippen LogP contribution in [0.25, 0.3) is 0 Å². The minimum absolute atomic E-state index is 0.0388. The molecular formula is C12H16ClNO. The normalized spacial score (nSPS) is 25.1. The summed E-state index contributed by atoms with van der Waals surface area (Å²) in [7, 11) is 0. The van der Waals surface area contributed by atoms with Crippen LogP contribution < -0.4 is 5.32 Å². The summed E-state index contributed by atoms with van der Waals surface area (Å²) in [6, 6.07) is 7.88. The Kier molecular flexibility index (Phi) is 3.01. The number of ether oxygens (including phenoxy) is 1. The van der Waals surface area contributed by atoms with E-state index in [0.717, 1.165) is 23.7 Å². The van der Waals surface area contributed by atoms with Crippen LogP contribution in [0.3, 0.4) is 0 Å². The highest BCUT2D eigenvalue weighted by atomic mass is 35.5. The van der Waals surface area contributed by atoms with Crippen LogP contribution in [0.4, 0.5) is 0 Å². The van der Waals surface area contributed by atoms with E-state index in [0.29, 0.717) is 0 Å². The monoisotopic (exact) mass is 225 g/mol. The van der Waals surface area contributed by atoms with Gasteiger partial charge in [0.25, 0.3) is 0 Å². The Labute approximate surface area is 95.6 Å². The van der Waals surface area contributed by atoms with Crippen molar-refractivity contribution >= 4 is 11.6 Å². The number of nitrogens with one attached hydrogen (secondary N) is 1. The molecule has 82 valence electrons. The Balaban J connectivity index is 2.29. The van der Waals surface area contributed by atoms with Gasteiger partial charge < -0.3 is 10.1 Å². The van der Waals surface area contributed by atoms with Crippen LogP contribution >= 0.6 is 11.6 Å². The molecule has 1 fully saturated rings. The van der Waals surface area contributed by atoms with E-state index in [4.69, 9.17) is 16.3 Å². The Morgan fingerprint density at radius 1 is 1.47 bits per heavy atom. The lowest BCUT2D eigenvalue weighted by atomic mass is 9.90. The van der Waals surface area contributed by atoms with Crippen molar-refractivity contribution in [3.8, 4) is 0 Å². The zero-order chi connectivity index (χ0) is 10.9. The fraction of sp³-hybridized carbons (Fsp3) is 0.500. The molecule has 2 nitrogen and oxygen atoms in total. The predicted molar refractivity (Wildman–Crippen MR) is 62.2 cm³/mol. The molecule has 3 heteroatoms. The lowest BCUT2D eigenvalue weighted by Crippen LogP contribution is -2.51. The summed E-state index contributed by atoms with van der Waals surface area (Å²) < 4.78 is 5.81. The van der Waals surface area contributed by atoms with Crippen LogP contribution in [0, 0.1) is 0 Å². The largest absolute Gasteiger partial charge is 0.370 e. The number of benzene rings is 1. The maximum atomic E-state index is 5.98. The highest BCUT2D eigenvalue weighted by Crippen LogP contribution is 2.32. The molecule has 0 spiro atoms. The highest BCUT2D eigenvalue weighted by Gasteiger charge is 2.34. The summed E-state index contributed by atoms with van der Waals surface area (Å²) in [5, 5.41) is 4.22. The Morgan fingerprint density at radius 2 is 2.27 bits per heavy atom. The van der Waals surface area contributed by atoms with Gasteiger partial charge in [-0.25, -0.2) is 0 Å². The van der Waals surface area contributed by atoms with Crippen LogP contribution in [0.1, 0.15) is 25.5 Å². The third kappa shape index (κ3) is 2.33.